The zero-order valence-corrected chi connectivity index (χ0v) is 9.26. The van der Waals surface area contributed by atoms with Crippen LogP contribution >= 0.6 is 0 Å². The fourth-order valence-electron chi connectivity index (χ4n) is 3.49. The highest BCUT2D eigenvalue weighted by molar-refractivity contribution is 5.15. The summed E-state index contributed by atoms with van der Waals surface area (Å²) in [4.78, 5) is 0. The predicted octanol–water partition coefficient (Wildman–Crippen LogP) is 1.86. The smallest absolute Gasteiger partial charge is 0.0551 e. The molecule has 1 heterocycles. The number of nitrogens with two attached hydrogens (primary N) is 1. The summed E-state index contributed by atoms with van der Waals surface area (Å²) < 4.78 is 1.93. The van der Waals surface area contributed by atoms with Crippen molar-refractivity contribution in [2.24, 2.45) is 30.5 Å². The molecule has 2 saturated carbocycles. The van der Waals surface area contributed by atoms with Gasteiger partial charge in [-0.1, -0.05) is 12.8 Å². The van der Waals surface area contributed by atoms with Crippen LogP contribution in [-0.4, -0.2) is 9.78 Å². The standard InChI is InChI=1S/C12H19N3/c1-15-10(6-7-14-15)12(13)11-8-4-2-3-5-9(8)11/h6-9,11-12H,2-5,13H2,1H3. The minimum absolute atomic E-state index is 0.214. The number of hydrogen-bond donors (Lipinski definition) is 1. The second-order valence-electron chi connectivity index (χ2n) is 5.09. The van der Waals surface area contributed by atoms with Crippen molar-refractivity contribution in [3.8, 4) is 0 Å². The maximum atomic E-state index is 6.34. The summed E-state index contributed by atoms with van der Waals surface area (Å²) in [6, 6.07) is 2.28. The Morgan fingerprint density at radius 3 is 2.60 bits per heavy atom. The van der Waals surface area contributed by atoms with Crippen molar-refractivity contribution in [3.63, 3.8) is 0 Å². The van der Waals surface area contributed by atoms with Crippen molar-refractivity contribution in [2.75, 3.05) is 0 Å². The van der Waals surface area contributed by atoms with Crippen LogP contribution < -0.4 is 5.73 Å². The van der Waals surface area contributed by atoms with Gasteiger partial charge in [-0.25, -0.2) is 0 Å². The first-order chi connectivity index (χ1) is 7.29. The van der Waals surface area contributed by atoms with Gasteiger partial charge >= 0.3 is 0 Å². The van der Waals surface area contributed by atoms with E-state index in [0.717, 1.165) is 17.8 Å². The van der Waals surface area contributed by atoms with Gasteiger partial charge in [0.15, 0.2) is 0 Å². The molecule has 0 radical (unpaired) electrons. The maximum Gasteiger partial charge on any atom is 0.0551 e. The molecule has 0 bridgehead atoms. The SMILES string of the molecule is Cn1nccc1C(N)C1C2CCCCC21. The Kier molecular flexibility index (Phi) is 2.09. The Bertz CT molecular complexity index is 346. The maximum absolute atomic E-state index is 6.34. The number of fused-ring (bicyclic) bond motifs is 1. The average molecular weight is 205 g/mol. The normalized spacial score (nSPS) is 36.0. The molecule has 3 rings (SSSR count). The number of nitrogens with zero attached hydrogens (tertiary/aromatic N) is 2. The highest BCUT2D eigenvalue weighted by atomic mass is 15.3. The number of rotatable bonds is 2. The minimum Gasteiger partial charge on any atom is -0.322 e. The Morgan fingerprint density at radius 1 is 1.40 bits per heavy atom. The molecule has 0 amide bonds. The highest BCUT2D eigenvalue weighted by Gasteiger charge is 2.53. The third-order valence-corrected chi connectivity index (χ3v) is 4.34. The molecule has 3 atom stereocenters. The van der Waals surface area contributed by atoms with Crippen molar-refractivity contribution in [2.45, 2.75) is 31.7 Å². The first-order valence-corrected chi connectivity index (χ1v) is 6.02. The summed E-state index contributed by atoms with van der Waals surface area (Å²) in [6.45, 7) is 0. The van der Waals surface area contributed by atoms with Gasteiger partial charge in [0.1, 0.15) is 0 Å². The van der Waals surface area contributed by atoms with Crippen LogP contribution in [0.15, 0.2) is 12.3 Å². The molecule has 82 valence electrons. The fraction of sp³-hybridized carbons (Fsp3) is 0.750. The fourth-order valence-corrected chi connectivity index (χ4v) is 3.49. The van der Waals surface area contributed by atoms with Crippen LogP contribution in [0, 0.1) is 17.8 Å². The molecule has 2 aliphatic carbocycles. The zero-order chi connectivity index (χ0) is 10.4. The predicted molar refractivity (Wildman–Crippen MR) is 59.1 cm³/mol. The third-order valence-electron chi connectivity index (χ3n) is 4.34. The zero-order valence-electron chi connectivity index (χ0n) is 9.26. The van der Waals surface area contributed by atoms with Crippen LogP contribution in [-0.2, 0) is 7.05 Å². The van der Waals surface area contributed by atoms with E-state index in [-0.39, 0.29) is 6.04 Å². The van der Waals surface area contributed by atoms with Crippen LogP contribution in [0.2, 0.25) is 0 Å². The topological polar surface area (TPSA) is 43.8 Å². The van der Waals surface area contributed by atoms with Gasteiger partial charge in [-0.3, -0.25) is 4.68 Å². The van der Waals surface area contributed by atoms with Gasteiger partial charge < -0.3 is 5.73 Å². The molecule has 3 nitrogen and oxygen atoms in total. The Balaban J connectivity index is 1.76. The van der Waals surface area contributed by atoms with E-state index in [9.17, 15) is 0 Å². The van der Waals surface area contributed by atoms with E-state index in [1.807, 2.05) is 17.9 Å². The van der Waals surface area contributed by atoms with E-state index < -0.39 is 0 Å². The van der Waals surface area contributed by atoms with Crippen LogP contribution in [0.3, 0.4) is 0 Å². The monoisotopic (exact) mass is 205 g/mol. The molecule has 2 aliphatic rings. The summed E-state index contributed by atoms with van der Waals surface area (Å²) >= 11 is 0. The van der Waals surface area contributed by atoms with Gasteiger partial charge in [0.2, 0.25) is 0 Å². The van der Waals surface area contributed by atoms with Crippen LogP contribution in [0.5, 0.6) is 0 Å². The van der Waals surface area contributed by atoms with Gasteiger partial charge in [-0.05, 0) is 36.7 Å². The van der Waals surface area contributed by atoms with Crippen molar-refractivity contribution >= 4 is 0 Å². The lowest BCUT2D eigenvalue weighted by atomic mass is 10.0. The molecule has 3 heteroatoms. The van der Waals surface area contributed by atoms with Crippen molar-refractivity contribution < 1.29 is 0 Å². The highest BCUT2D eigenvalue weighted by Crippen LogP contribution is 2.59. The van der Waals surface area contributed by atoms with Crippen LogP contribution in [0.1, 0.15) is 37.4 Å². The number of aryl methyl sites for hydroxylation is 1. The van der Waals surface area contributed by atoms with E-state index in [0.29, 0.717) is 0 Å². The van der Waals surface area contributed by atoms with Crippen molar-refractivity contribution in [1.82, 2.24) is 9.78 Å². The quantitative estimate of drug-likeness (QED) is 0.801. The summed E-state index contributed by atoms with van der Waals surface area (Å²) in [7, 11) is 1.99. The molecule has 2 fully saturated rings. The van der Waals surface area contributed by atoms with E-state index in [1.165, 1.54) is 31.4 Å². The molecule has 3 unspecified atom stereocenters. The van der Waals surface area contributed by atoms with Crippen molar-refractivity contribution in [3.05, 3.63) is 18.0 Å². The van der Waals surface area contributed by atoms with Gasteiger partial charge in [-0.15, -0.1) is 0 Å². The first kappa shape index (κ1) is 9.40. The van der Waals surface area contributed by atoms with E-state index in [1.54, 1.807) is 0 Å². The van der Waals surface area contributed by atoms with Crippen LogP contribution in [0.4, 0.5) is 0 Å². The molecule has 0 spiro atoms. The Morgan fingerprint density at radius 2 is 2.07 bits per heavy atom. The molecule has 0 aromatic carbocycles. The second kappa shape index (κ2) is 3.34. The van der Waals surface area contributed by atoms with Crippen LogP contribution in [0.25, 0.3) is 0 Å². The molecule has 1 aromatic heterocycles. The summed E-state index contributed by atoms with van der Waals surface area (Å²) in [5.74, 6) is 2.58. The molecule has 1 aromatic rings. The molecular formula is C12H19N3. The number of hydrogen-bond acceptors (Lipinski definition) is 2. The molecule has 0 saturated heterocycles. The van der Waals surface area contributed by atoms with Gasteiger partial charge in [0, 0.05) is 13.2 Å². The average Bonchev–Trinajstić information content (AvgIpc) is 2.83. The second-order valence-corrected chi connectivity index (χ2v) is 5.09. The van der Waals surface area contributed by atoms with E-state index >= 15 is 0 Å². The van der Waals surface area contributed by atoms with Gasteiger partial charge in [0.25, 0.3) is 0 Å². The molecular weight excluding hydrogens is 186 g/mol. The lowest BCUT2D eigenvalue weighted by Gasteiger charge is -2.11. The van der Waals surface area contributed by atoms with E-state index in [4.69, 9.17) is 5.73 Å². The van der Waals surface area contributed by atoms with Gasteiger partial charge in [-0.2, -0.15) is 5.10 Å². The summed E-state index contributed by atoms with van der Waals surface area (Å²) in [5, 5.41) is 4.20. The summed E-state index contributed by atoms with van der Waals surface area (Å²) in [5.41, 5.74) is 7.55. The Labute approximate surface area is 90.7 Å². The first-order valence-electron chi connectivity index (χ1n) is 6.02. The van der Waals surface area contributed by atoms with Crippen molar-refractivity contribution in [1.29, 1.82) is 0 Å². The lowest BCUT2D eigenvalue weighted by molar-refractivity contribution is 0.480. The molecule has 15 heavy (non-hydrogen) atoms. The lowest BCUT2D eigenvalue weighted by Crippen LogP contribution is -2.18. The third kappa shape index (κ3) is 1.41. The number of aromatic nitrogens is 2. The van der Waals surface area contributed by atoms with Gasteiger partial charge in [0.05, 0.1) is 11.7 Å². The molecule has 0 aliphatic heterocycles. The molecule has 2 N–H and O–H groups in total. The Hall–Kier alpha value is -0.830. The minimum atomic E-state index is 0.214. The largest absolute Gasteiger partial charge is 0.322 e. The van der Waals surface area contributed by atoms with E-state index in [2.05, 4.69) is 11.2 Å². The summed E-state index contributed by atoms with van der Waals surface area (Å²) in [6.07, 6.45) is 7.48.